The molecule has 0 saturated carbocycles. The van der Waals surface area contributed by atoms with Crippen LogP contribution in [-0.2, 0) is 11.2 Å². The lowest BCUT2D eigenvalue weighted by Gasteiger charge is -2.36. The van der Waals surface area contributed by atoms with Gasteiger partial charge in [0.15, 0.2) is 0 Å². The minimum atomic E-state index is -0.293. The van der Waals surface area contributed by atoms with E-state index in [-0.39, 0.29) is 12.0 Å². The van der Waals surface area contributed by atoms with Crippen molar-refractivity contribution in [3.8, 4) is 6.07 Å². The van der Waals surface area contributed by atoms with Gasteiger partial charge in [-0.15, -0.1) is 0 Å². The molecule has 4 heteroatoms. The maximum absolute atomic E-state index is 12.1. The van der Waals surface area contributed by atoms with Crippen molar-refractivity contribution in [2.45, 2.75) is 26.7 Å². The molecule has 1 aliphatic rings. The predicted octanol–water partition coefficient (Wildman–Crippen LogP) is 3.48. The first-order valence-electron chi connectivity index (χ1n) is 7.97. The Morgan fingerprint density at radius 1 is 1.41 bits per heavy atom. The van der Waals surface area contributed by atoms with E-state index in [1.165, 1.54) is 0 Å². The van der Waals surface area contributed by atoms with Crippen LogP contribution in [0.2, 0.25) is 0 Å². The number of hydrogen-bond donors (Lipinski definition) is 0. The van der Waals surface area contributed by atoms with Crippen molar-refractivity contribution in [2.75, 3.05) is 19.7 Å². The van der Waals surface area contributed by atoms with E-state index in [4.69, 9.17) is 4.74 Å². The molecule has 22 heavy (non-hydrogen) atoms. The quantitative estimate of drug-likeness (QED) is 0.855. The number of ether oxygens (including phenoxy) is 1. The maximum atomic E-state index is 12.1. The van der Waals surface area contributed by atoms with Crippen molar-refractivity contribution in [1.82, 2.24) is 4.90 Å². The molecule has 1 aliphatic heterocycles. The molecule has 0 aromatic heterocycles. The third-order valence-electron chi connectivity index (χ3n) is 4.41. The summed E-state index contributed by atoms with van der Waals surface area (Å²) in [6, 6.07) is 12.3. The first kappa shape index (κ1) is 16.4. The van der Waals surface area contributed by atoms with Gasteiger partial charge in [-0.1, -0.05) is 44.2 Å². The number of hydrogen-bond acceptors (Lipinski definition) is 3. The normalized spacial score (nSPS) is 21.5. The molecular formula is C18H24N2O2. The molecule has 118 valence electrons. The average Bonchev–Trinajstić information content (AvgIpc) is 2.55. The highest BCUT2D eigenvalue weighted by atomic mass is 16.6. The molecule has 1 aromatic carbocycles. The van der Waals surface area contributed by atoms with Gasteiger partial charge in [-0.2, -0.15) is 5.26 Å². The SMILES string of the molecule is CC(C)C1CCN(C(=O)OCCc2ccccc2)CC1C#N. The van der Waals surface area contributed by atoms with Gasteiger partial charge in [0.2, 0.25) is 0 Å². The van der Waals surface area contributed by atoms with Gasteiger partial charge in [0.25, 0.3) is 0 Å². The standard InChI is InChI=1S/C18H24N2O2/c1-14(2)17-8-10-20(13-16(17)12-19)18(21)22-11-9-15-6-4-3-5-7-15/h3-7,14,16-17H,8-11,13H2,1-2H3. The van der Waals surface area contributed by atoms with Gasteiger partial charge in [-0.05, 0) is 23.8 Å². The van der Waals surface area contributed by atoms with E-state index in [0.717, 1.165) is 18.4 Å². The number of rotatable bonds is 4. The lowest BCUT2D eigenvalue weighted by Crippen LogP contribution is -2.45. The van der Waals surface area contributed by atoms with Crippen LogP contribution in [0.1, 0.15) is 25.8 Å². The first-order valence-corrected chi connectivity index (χ1v) is 7.97. The highest BCUT2D eigenvalue weighted by Gasteiger charge is 2.33. The molecule has 0 aliphatic carbocycles. The van der Waals surface area contributed by atoms with Gasteiger partial charge in [-0.3, -0.25) is 0 Å². The summed E-state index contributed by atoms with van der Waals surface area (Å²) in [5, 5.41) is 9.31. The second-order valence-corrected chi connectivity index (χ2v) is 6.23. The van der Waals surface area contributed by atoms with Crippen LogP contribution in [0.4, 0.5) is 4.79 Å². The third-order valence-corrected chi connectivity index (χ3v) is 4.41. The molecule has 2 rings (SSSR count). The number of likely N-dealkylation sites (tertiary alicyclic amines) is 1. The summed E-state index contributed by atoms with van der Waals surface area (Å²) in [5.74, 6) is 0.759. The predicted molar refractivity (Wildman–Crippen MR) is 85.1 cm³/mol. The summed E-state index contributed by atoms with van der Waals surface area (Å²) < 4.78 is 5.35. The molecule has 0 spiro atoms. The average molecular weight is 300 g/mol. The van der Waals surface area contributed by atoms with Crippen LogP contribution >= 0.6 is 0 Å². The van der Waals surface area contributed by atoms with Crippen molar-refractivity contribution in [1.29, 1.82) is 5.26 Å². The summed E-state index contributed by atoms with van der Waals surface area (Å²) in [6.07, 6.45) is 1.30. The number of carbonyl (C=O) groups is 1. The van der Waals surface area contributed by atoms with Gasteiger partial charge in [0.1, 0.15) is 0 Å². The highest BCUT2D eigenvalue weighted by molar-refractivity contribution is 5.67. The minimum absolute atomic E-state index is 0.0876. The molecule has 1 amide bonds. The van der Waals surface area contributed by atoms with Crippen LogP contribution in [0.5, 0.6) is 0 Å². The Kier molecular flexibility index (Phi) is 5.83. The van der Waals surface area contributed by atoms with E-state index in [2.05, 4.69) is 19.9 Å². The number of benzene rings is 1. The van der Waals surface area contributed by atoms with Gasteiger partial charge in [-0.25, -0.2) is 4.79 Å². The van der Waals surface area contributed by atoms with E-state index >= 15 is 0 Å². The zero-order valence-corrected chi connectivity index (χ0v) is 13.4. The van der Waals surface area contributed by atoms with Gasteiger partial charge < -0.3 is 9.64 Å². The molecule has 0 bridgehead atoms. The Morgan fingerprint density at radius 2 is 2.14 bits per heavy atom. The minimum Gasteiger partial charge on any atom is -0.449 e. The lowest BCUT2D eigenvalue weighted by atomic mass is 9.79. The summed E-state index contributed by atoms with van der Waals surface area (Å²) in [5.41, 5.74) is 1.16. The number of amides is 1. The smallest absolute Gasteiger partial charge is 0.409 e. The van der Waals surface area contributed by atoms with E-state index in [0.29, 0.717) is 31.5 Å². The number of piperidine rings is 1. The fraction of sp³-hybridized carbons (Fsp3) is 0.556. The Bertz CT molecular complexity index is 522. The van der Waals surface area contributed by atoms with Crippen LogP contribution < -0.4 is 0 Å². The zero-order chi connectivity index (χ0) is 15.9. The van der Waals surface area contributed by atoms with Crippen LogP contribution in [0.15, 0.2) is 30.3 Å². The summed E-state index contributed by atoms with van der Waals surface area (Å²) in [4.78, 5) is 13.8. The number of nitrogens with zero attached hydrogens (tertiary/aromatic N) is 2. The molecular weight excluding hydrogens is 276 g/mol. The second kappa shape index (κ2) is 7.84. The molecule has 0 radical (unpaired) electrons. The Hall–Kier alpha value is -2.02. The van der Waals surface area contributed by atoms with Crippen molar-refractivity contribution >= 4 is 6.09 Å². The summed E-state index contributed by atoms with van der Waals surface area (Å²) in [6.45, 7) is 5.84. The van der Waals surface area contributed by atoms with E-state index < -0.39 is 0 Å². The van der Waals surface area contributed by atoms with Crippen molar-refractivity contribution in [3.05, 3.63) is 35.9 Å². The van der Waals surface area contributed by atoms with Crippen LogP contribution in [0.3, 0.4) is 0 Å². The Morgan fingerprint density at radius 3 is 2.77 bits per heavy atom. The molecule has 0 N–H and O–H groups in total. The van der Waals surface area contributed by atoms with Crippen LogP contribution in [0.25, 0.3) is 0 Å². The molecule has 2 atom stereocenters. The Balaban J connectivity index is 1.80. The molecule has 1 heterocycles. The van der Waals surface area contributed by atoms with Crippen LogP contribution in [-0.4, -0.2) is 30.7 Å². The fourth-order valence-corrected chi connectivity index (χ4v) is 3.06. The number of carbonyl (C=O) groups excluding carboxylic acids is 1. The summed E-state index contributed by atoms with van der Waals surface area (Å²) in [7, 11) is 0. The van der Waals surface area contributed by atoms with Crippen LogP contribution in [0, 0.1) is 29.1 Å². The monoisotopic (exact) mass is 300 g/mol. The van der Waals surface area contributed by atoms with Gasteiger partial charge >= 0.3 is 6.09 Å². The molecule has 2 unspecified atom stereocenters. The van der Waals surface area contributed by atoms with Gasteiger partial charge in [0, 0.05) is 19.5 Å². The van der Waals surface area contributed by atoms with E-state index in [1.54, 1.807) is 4.90 Å². The maximum Gasteiger partial charge on any atom is 0.409 e. The third kappa shape index (κ3) is 4.24. The van der Waals surface area contributed by atoms with Gasteiger partial charge in [0.05, 0.1) is 18.6 Å². The molecule has 1 saturated heterocycles. The van der Waals surface area contributed by atoms with E-state index in [9.17, 15) is 10.1 Å². The number of nitriles is 1. The molecule has 1 fully saturated rings. The lowest BCUT2D eigenvalue weighted by molar-refractivity contribution is 0.0711. The first-order chi connectivity index (χ1) is 10.6. The second-order valence-electron chi connectivity index (χ2n) is 6.23. The molecule has 1 aromatic rings. The zero-order valence-electron chi connectivity index (χ0n) is 13.4. The topological polar surface area (TPSA) is 53.3 Å². The van der Waals surface area contributed by atoms with Crippen molar-refractivity contribution < 1.29 is 9.53 Å². The van der Waals surface area contributed by atoms with Crippen molar-refractivity contribution in [2.24, 2.45) is 17.8 Å². The Labute approximate surface area is 132 Å². The van der Waals surface area contributed by atoms with E-state index in [1.807, 2.05) is 30.3 Å². The van der Waals surface area contributed by atoms with Crippen molar-refractivity contribution in [3.63, 3.8) is 0 Å². The molecule has 4 nitrogen and oxygen atoms in total. The highest BCUT2D eigenvalue weighted by Crippen LogP contribution is 2.29. The largest absolute Gasteiger partial charge is 0.449 e. The fourth-order valence-electron chi connectivity index (χ4n) is 3.06. The summed E-state index contributed by atoms with van der Waals surface area (Å²) >= 11 is 0.